The summed E-state index contributed by atoms with van der Waals surface area (Å²) >= 11 is 0. The van der Waals surface area contributed by atoms with Gasteiger partial charge in [0.1, 0.15) is 0 Å². The van der Waals surface area contributed by atoms with Crippen LogP contribution in [-0.2, 0) is 4.74 Å². The predicted octanol–water partition coefficient (Wildman–Crippen LogP) is 1.26. The molecule has 0 aromatic rings. The summed E-state index contributed by atoms with van der Waals surface area (Å²) in [5.74, 6) is 0. The number of nitrogens with zero attached hydrogens (tertiary/aromatic N) is 1. The number of hydrazine groups is 1. The van der Waals surface area contributed by atoms with Crippen molar-refractivity contribution >= 4 is 0 Å². The quantitative estimate of drug-likeness (QED) is 0.635. The summed E-state index contributed by atoms with van der Waals surface area (Å²) in [7, 11) is 5.75. The fourth-order valence-corrected chi connectivity index (χ4v) is 1.31. The number of hydrogen-bond acceptors (Lipinski definition) is 3. The first kappa shape index (κ1) is 11.9. The standard InChI is InChI=1S/C9H22N2O/c1-8(10-11(4)5)7-9(2,3)12-6/h8,10H,7H2,1-6H3. The zero-order chi connectivity index (χ0) is 9.78. The Morgan fingerprint density at radius 2 is 1.92 bits per heavy atom. The van der Waals surface area contributed by atoms with Gasteiger partial charge in [-0.1, -0.05) is 0 Å². The highest BCUT2D eigenvalue weighted by Crippen LogP contribution is 2.15. The third-order valence-corrected chi connectivity index (χ3v) is 1.83. The highest BCUT2D eigenvalue weighted by atomic mass is 16.5. The first-order valence-electron chi connectivity index (χ1n) is 4.36. The largest absolute Gasteiger partial charge is 0.379 e. The lowest BCUT2D eigenvalue weighted by Gasteiger charge is -2.28. The van der Waals surface area contributed by atoms with E-state index in [0.29, 0.717) is 6.04 Å². The van der Waals surface area contributed by atoms with Crippen molar-refractivity contribution in [1.82, 2.24) is 10.4 Å². The van der Waals surface area contributed by atoms with Crippen molar-refractivity contribution in [3.63, 3.8) is 0 Å². The van der Waals surface area contributed by atoms with Crippen LogP contribution in [0.3, 0.4) is 0 Å². The molecule has 0 bridgehead atoms. The first-order chi connectivity index (χ1) is 5.37. The monoisotopic (exact) mass is 174 g/mol. The van der Waals surface area contributed by atoms with Crippen molar-refractivity contribution < 1.29 is 4.74 Å². The Hall–Kier alpha value is -0.120. The van der Waals surface area contributed by atoms with Crippen molar-refractivity contribution in [2.24, 2.45) is 0 Å². The van der Waals surface area contributed by atoms with Crippen molar-refractivity contribution in [2.75, 3.05) is 21.2 Å². The molecular weight excluding hydrogens is 152 g/mol. The van der Waals surface area contributed by atoms with E-state index in [0.717, 1.165) is 6.42 Å². The van der Waals surface area contributed by atoms with Gasteiger partial charge < -0.3 is 4.74 Å². The smallest absolute Gasteiger partial charge is 0.0638 e. The third-order valence-electron chi connectivity index (χ3n) is 1.83. The summed E-state index contributed by atoms with van der Waals surface area (Å²) in [5, 5.41) is 1.97. The van der Waals surface area contributed by atoms with Crippen LogP contribution in [0, 0.1) is 0 Å². The maximum absolute atomic E-state index is 5.33. The fraction of sp³-hybridized carbons (Fsp3) is 1.00. The molecule has 1 N–H and O–H groups in total. The normalized spacial score (nSPS) is 15.2. The molecule has 0 saturated heterocycles. The fourth-order valence-electron chi connectivity index (χ4n) is 1.31. The van der Waals surface area contributed by atoms with Crippen LogP contribution < -0.4 is 5.43 Å². The molecule has 0 amide bonds. The van der Waals surface area contributed by atoms with Crippen LogP contribution in [-0.4, -0.2) is 37.9 Å². The molecule has 0 aliphatic carbocycles. The Bertz CT molecular complexity index is 124. The molecule has 74 valence electrons. The number of hydrogen-bond donors (Lipinski definition) is 1. The average molecular weight is 174 g/mol. The zero-order valence-electron chi connectivity index (χ0n) is 9.14. The molecule has 1 atom stereocenters. The Labute approximate surface area is 76.1 Å². The Morgan fingerprint density at radius 1 is 1.42 bits per heavy atom. The third kappa shape index (κ3) is 5.52. The van der Waals surface area contributed by atoms with Crippen LogP contribution in [0.15, 0.2) is 0 Å². The van der Waals surface area contributed by atoms with Crippen molar-refractivity contribution in [3.05, 3.63) is 0 Å². The van der Waals surface area contributed by atoms with Gasteiger partial charge >= 0.3 is 0 Å². The van der Waals surface area contributed by atoms with Gasteiger partial charge in [-0.05, 0) is 27.2 Å². The van der Waals surface area contributed by atoms with Crippen LogP contribution in [0.5, 0.6) is 0 Å². The lowest BCUT2D eigenvalue weighted by molar-refractivity contribution is 0.00317. The summed E-state index contributed by atoms with van der Waals surface area (Å²) < 4.78 is 5.33. The van der Waals surface area contributed by atoms with E-state index >= 15 is 0 Å². The second-order valence-electron chi connectivity index (χ2n) is 4.09. The maximum atomic E-state index is 5.33. The minimum absolute atomic E-state index is 0.0393. The van der Waals surface area contributed by atoms with E-state index in [4.69, 9.17) is 4.74 Å². The van der Waals surface area contributed by atoms with Crippen molar-refractivity contribution in [1.29, 1.82) is 0 Å². The zero-order valence-corrected chi connectivity index (χ0v) is 9.14. The lowest BCUT2D eigenvalue weighted by atomic mass is 10.0. The van der Waals surface area contributed by atoms with Gasteiger partial charge in [0.25, 0.3) is 0 Å². The molecule has 1 unspecified atom stereocenters. The molecule has 3 heteroatoms. The second-order valence-corrected chi connectivity index (χ2v) is 4.09. The molecule has 0 saturated carbocycles. The predicted molar refractivity (Wildman–Crippen MR) is 52.0 cm³/mol. The number of nitrogens with one attached hydrogen (secondary N) is 1. The van der Waals surface area contributed by atoms with E-state index in [2.05, 4.69) is 26.2 Å². The Kier molecular flexibility index (Phi) is 4.75. The van der Waals surface area contributed by atoms with Gasteiger partial charge in [0.05, 0.1) is 5.60 Å². The number of rotatable bonds is 5. The number of methoxy groups -OCH3 is 1. The van der Waals surface area contributed by atoms with E-state index in [9.17, 15) is 0 Å². The molecule has 0 aromatic heterocycles. The SMILES string of the molecule is COC(C)(C)CC(C)NN(C)C. The molecule has 0 aliphatic rings. The van der Waals surface area contributed by atoms with E-state index in [-0.39, 0.29) is 5.60 Å². The first-order valence-corrected chi connectivity index (χ1v) is 4.36. The summed E-state index contributed by atoms with van der Waals surface area (Å²) in [6.07, 6.45) is 1.00. The van der Waals surface area contributed by atoms with Crippen LogP contribution in [0.2, 0.25) is 0 Å². The van der Waals surface area contributed by atoms with Gasteiger partial charge in [-0.3, -0.25) is 10.4 Å². The molecule has 0 spiro atoms. The summed E-state index contributed by atoms with van der Waals surface area (Å²) in [5.41, 5.74) is 3.25. The molecule has 0 heterocycles. The molecule has 12 heavy (non-hydrogen) atoms. The maximum Gasteiger partial charge on any atom is 0.0638 e. The second kappa shape index (κ2) is 4.80. The van der Waals surface area contributed by atoms with Gasteiger partial charge in [-0.2, -0.15) is 0 Å². The van der Waals surface area contributed by atoms with Gasteiger partial charge in [-0.25, -0.2) is 0 Å². The minimum atomic E-state index is -0.0393. The minimum Gasteiger partial charge on any atom is -0.379 e. The summed E-state index contributed by atoms with van der Waals surface area (Å²) in [6, 6.07) is 0.440. The highest BCUT2D eigenvalue weighted by molar-refractivity contribution is 4.73. The Morgan fingerprint density at radius 3 is 2.25 bits per heavy atom. The molecule has 0 aromatic carbocycles. The molecule has 0 aliphatic heterocycles. The summed E-state index contributed by atoms with van der Waals surface area (Å²) in [4.78, 5) is 0. The number of ether oxygens (including phenoxy) is 1. The molecule has 0 rings (SSSR count). The van der Waals surface area contributed by atoms with Crippen LogP contribution in [0.4, 0.5) is 0 Å². The highest BCUT2D eigenvalue weighted by Gasteiger charge is 2.19. The van der Waals surface area contributed by atoms with Gasteiger partial charge in [0, 0.05) is 27.2 Å². The van der Waals surface area contributed by atoms with E-state index in [1.165, 1.54) is 0 Å². The van der Waals surface area contributed by atoms with Gasteiger partial charge in [-0.15, -0.1) is 0 Å². The average Bonchev–Trinajstić information content (AvgIpc) is 1.84. The summed E-state index contributed by atoms with van der Waals surface area (Å²) in [6.45, 7) is 6.35. The molecule has 0 radical (unpaired) electrons. The molecule has 3 nitrogen and oxygen atoms in total. The van der Waals surface area contributed by atoms with E-state index in [1.807, 2.05) is 19.1 Å². The topological polar surface area (TPSA) is 24.5 Å². The molecular formula is C9H22N2O. The van der Waals surface area contributed by atoms with Crippen LogP contribution in [0.25, 0.3) is 0 Å². The van der Waals surface area contributed by atoms with Crippen LogP contribution in [0.1, 0.15) is 27.2 Å². The van der Waals surface area contributed by atoms with Gasteiger partial charge in [0.15, 0.2) is 0 Å². The van der Waals surface area contributed by atoms with Crippen molar-refractivity contribution in [3.8, 4) is 0 Å². The van der Waals surface area contributed by atoms with Crippen LogP contribution >= 0.6 is 0 Å². The lowest BCUT2D eigenvalue weighted by Crippen LogP contribution is -2.42. The van der Waals surface area contributed by atoms with E-state index in [1.54, 1.807) is 7.11 Å². The van der Waals surface area contributed by atoms with Gasteiger partial charge in [0.2, 0.25) is 0 Å². The van der Waals surface area contributed by atoms with Crippen molar-refractivity contribution in [2.45, 2.75) is 38.8 Å². The van der Waals surface area contributed by atoms with E-state index < -0.39 is 0 Å². The Balaban J connectivity index is 3.75. The molecule has 0 fully saturated rings.